The van der Waals surface area contributed by atoms with Gasteiger partial charge in [0.25, 0.3) is 5.97 Å². The maximum Gasteiger partial charge on any atom is 0.280 e. The fraction of sp³-hybridized carbons (Fsp3) is 1.00. The monoisotopic (exact) mass is 288 g/mol. The summed E-state index contributed by atoms with van der Waals surface area (Å²) in [4.78, 5) is 0. The second kappa shape index (κ2) is 12.6. The van der Waals surface area contributed by atoms with E-state index in [9.17, 15) is 10.2 Å². The van der Waals surface area contributed by atoms with Gasteiger partial charge in [0, 0.05) is 5.92 Å². The van der Waals surface area contributed by atoms with E-state index in [0.29, 0.717) is 6.61 Å². The van der Waals surface area contributed by atoms with E-state index in [1.165, 1.54) is 57.8 Å². The van der Waals surface area contributed by atoms with Crippen LogP contribution < -0.4 is 0 Å². The van der Waals surface area contributed by atoms with Crippen molar-refractivity contribution < 1.29 is 14.9 Å². The lowest BCUT2D eigenvalue weighted by atomic mass is 10.1. The SMILES string of the molecule is CCCCCCCCCCCCCOC(O)(O)C(C)C. The molecule has 0 unspecified atom stereocenters. The van der Waals surface area contributed by atoms with Crippen molar-refractivity contribution >= 4 is 0 Å². The molecule has 3 nitrogen and oxygen atoms in total. The van der Waals surface area contributed by atoms with Crippen LogP contribution >= 0.6 is 0 Å². The lowest BCUT2D eigenvalue weighted by molar-refractivity contribution is -0.360. The zero-order chi connectivity index (χ0) is 15.3. The molecular formula is C17H36O3. The first-order chi connectivity index (χ1) is 9.50. The molecule has 0 amide bonds. The largest absolute Gasteiger partial charge is 0.343 e. The molecule has 0 aliphatic rings. The van der Waals surface area contributed by atoms with E-state index in [1.807, 2.05) is 0 Å². The van der Waals surface area contributed by atoms with Crippen molar-refractivity contribution in [2.45, 2.75) is 97.4 Å². The molecular weight excluding hydrogens is 252 g/mol. The molecule has 0 atom stereocenters. The summed E-state index contributed by atoms with van der Waals surface area (Å²) in [7, 11) is 0. The Balaban J connectivity index is 3.17. The average Bonchev–Trinajstić information content (AvgIpc) is 2.39. The fourth-order valence-corrected chi connectivity index (χ4v) is 2.16. The van der Waals surface area contributed by atoms with Crippen LogP contribution in [0, 0.1) is 5.92 Å². The molecule has 0 bridgehead atoms. The van der Waals surface area contributed by atoms with Crippen LogP contribution in [0.4, 0.5) is 0 Å². The van der Waals surface area contributed by atoms with Gasteiger partial charge in [0.1, 0.15) is 0 Å². The standard InChI is InChI=1S/C17H36O3/c1-4-5-6-7-8-9-10-11-12-13-14-15-20-17(18,19)16(2)3/h16,18-19H,4-15H2,1-3H3. The highest BCUT2D eigenvalue weighted by Crippen LogP contribution is 2.16. The van der Waals surface area contributed by atoms with E-state index in [2.05, 4.69) is 6.92 Å². The van der Waals surface area contributed by atoms with E-state index in [-0.39, 0.29) is 5.92 Å². The molecule has 0 aliphatic carbocycles. The summed E-state index contributed by atoms with van der Waals surface area (Å²) in [6.07, 6.45) is 14.1. The van der Waals surface area contributed by atoms with Gasteiger partial charge in [-0.15, -0.1) is 0 Å². The van der Waals surface area contributed by atoms with Crippen LogP contribution in [0.5, 0.6) is 0 Å². The number of hydrogen-bond acceptors (Lipinski definition) is 3. The first-order valence-electron chi connectivity index (χ1n) is 8.59. The van der Waals surface area contributed by atoms with Crippen molar-refractivity contribution in [2.24, 2.45) is 5.92 Å². The Morgan fingerprint density at radius 2 is 1.15 bits per heavy atom. The maximum atomic E-state index is 9.49. The van der Waals surface area contributed by atoms with Gasteiger partial charge >= 0.3 is 0 Å². The molecule has 0 aromatic carbocycles. The van der Waals surface area contributed by atoms with Crippen molar-refractivity contribution in [3.63, 3.8) is 0 Å². The smallest absolute Gasteiger partial charge is 0.280 e. The molecule has 0 radical (unpaired) electrons. The molecule has 0 aromatic rings. The van der Waals surface area contributed by atoms with Crippen LogP contribution in [-0.2, 0) is 4.74 Å². The molecule has 20 heavy (non-hydrogen) atoms. The molecule has 3 heteroatoms. The Morgan fingerprint density at radius 1 is 0.750 bits per heavy atom. The predicted molar refractivity (Wildman–Crippen MR) is 84.4 cm³/mol. The van der Waals surface area contributed by atoms with Crippen molar-refractivity contribution in [1.82, 2.24) is 0 Å². The Hall–Kier alpha value is -0.120. The lowest BCUT2D eigenvalue weighted by Gasteiger charge is -2.25. The minimum atomic E-state index is -1.96. The molecule has 0 heterocycles. The topological polar surface area (TPSA) is 49.7 Å². The molecule has 2 N–H and O–H groups in total. The van der Waals surface area contributed by atoms with Gasteiger partial charge < -0.3 is 14.9 Å². The van der Waals surface area contributed by atoms with Gasteiger partial charge in [-0.25, -0.2) is 0 Å². The second-order valence-electron chi connectivity index (χ2n) is 6.20. The molecule has 122 valence electrons. The zero-order valence-corrected chi connectivity index (χ0v) is 13.9. The molecule has 0 aromatic heterocycles. The maximum absolute atomic E-state index is 9.49. The summed E-state index contributed by atoms with van der Waals surface area (Å²) in [6.45, 7) is 6.16. The normalized spacial score (nSPS) is 12.3. The number of ether oxygens (including phenoxy) is 1. The van der Waals surface area contributed by atoms with Gasteiger partial charge in [-0.1, -0.05) is 85.0 Å². The highest BCUT2D eigenvalue weighted by Gasteiger charge is 2.28. The summed E-state index contributed by atoms with van der Waals surface area (Å²) in [5, 5.41) is 19.0. The zero-order valence-electron chi connectivity index (χ0n) is 13.9. The van der Waals surface area contributed by atoms with Crippen LogP contribution in [0.25, 0.3) is 0 Å². The number of aliphatic hydroxyl groups is 2. The third-order valence-electron chi connectivity index (χ3n) is 3.81. The predicted octanol–water partition coefficient (Wildman–Crippen LogP) is 4.61. The average molecular weight is 288 g/mol. The first-order valence-corrected chi connectivity index (χ1v) is 8.59. The molecule has 0 aliphatic heterocycles. The van der Waals surface area contributed by atoms with Crippen LogP contribution in [0.3, 0.4) is 0 Å². The van der Waals surface area contributed by atoms with Crippen LogP contribution in [-0.4, -0.2) is 22.8 Å². The van der Waals surface area contributed by atoms with Crippen LogP contribution in [0.15, 0.2) is 0 Å². The third kappa shape index (κ3) is 11.7. The van der Waals surface area contributed by atoms with Crippen LogP contribution in [0.1, 0.15) is 91.4 Å². The van der Waals surface area contributed by atoms with Crippen molar-refractivity contribution in [3.05, 3.63) is 0 Å². The van der Waals surface area contributed by atoms with E-state index < -0.39 is 5.97 Å². The minimum absolute atomic E-state index is 0.296. The number of hydrogen-bond donors (Lipinski definition) is 2. The lowest BCUT2D eigenvalue weighted by Crippen LogP contribution is -2.38. The summed E-state index contributed by atoms with van der Waals surface area (Å²) < 4.78 is 5.08. The van der Waals surface area contributed by atoms with E-state index in [1.54, 1.807) is 13.8 Å². The van der Waals surface area contributed by atoms with Gasteiger partial charge in [0.05, 0.1) is 6.61 Å². The van der Waals surface area contributed by atoms with E-state index in [0.717, 1.165) is 12.8 Å². The van der Waals surface area contributed by atoms with Crippen molar-refractivity contribution in [1.29, 1.82) is 0 Å². The summed E-state index contributed by atoms with van der Waals surface area (Å²) in [5.41, 5.74) is 0. The number of unbranched alkanes of at least 4 members (excludes halogenated alkanes) is 10. The Labute approximate surface area is 125 Å². The van der Waals surface area contributed by atoms with Gasteiger partial charge in [-0.05, 0) is 6.42 Å². The molecule has 0 saturated carbocycles. The summed E-state index contributed by atoms with van der Waals surface area (Å²) in [6, 6.07) is 0. The fourth-order valence-electron chi connectivity index (χ4n) is 2.16. The van der Waals surface area contributed by atoms with Crippen LogP contribution in [0.2, 0.25) is 0 Å². The van der Waals surface area contributed by atoms with Gasteiger partial charge in [0.15, 0.2) is 0 Å². The second-order valence-corrected chi connectivity index (χ2v) is 6.20. The Morgan fingerprint density at radius 3 is 1.55 bits per heavy atom. The van der Waals surface area contributed by atoms with Gasteiger partial charge in [-0.2, -0.15) is 0 Å². The van der Waals surface area contributed by atoms with Crippen molar-refractivity contribution in [3.8, 4) is 0 Å². The Kier molecular flexibility index (Phi) is 12.5. The van der Waals surface area contributed by atoms with E-state index >= 15 is 0 Å². The Bertz CT molecular complexity index is 202. The van der Waals surface area contributed by atoms with Gasteiger partial charge in [-0.3, -0.25) is 0 Å². The molecule has 0 fully saturated rings. The highest BCUT2D eigenvalue weighted by molar-refractivity contribution is 4.56. The third-order valence-corrected chi connectivity index (χ3v) is 3.81. The first kappa shape index (κ1) is 19.9. The summed E-state index contributed by atoms with van der Waals surface area (Å²) >= 11 is 0. The number of rotatable bonds is 14. The minimum Gasteiger partial charge on any atom is -0.343 e. The van der Waals surface area contributed by atoms with Crippen molar-refractivity contribution in [2.75, 3.05) is 6.61 Å². The molecule has 0 rings (SSSR count). The molecule has 0 spiro atoms. The summed E-state index contributed by atoms with van der Waals surface area (Å²) in [5.74, 6) is -2.26. The quantitative estimate of drug-likeness (QED) is 0.362. The van der Waals surface area contributed by atoms with Gasteiger partial charge in [0.2, 0.25) is 0 Å². The molecule has 0 saturated heterocycles. The highest BCUT2D eigenvalue weighted by atomic mass is 16.8. The van der Waals surface area contributed by atoms with E-state index in [4.69, 9.17) is 4.74 Å².